The zero-order valence-corrected chi connectivity index (χ0v) is 9.29. The Bertz CT molecular complexity index is 143. The Balaban J connectivity index is 2.33. The van der Waals surface area contributed by atoms with Gasteiger partial charge in [0.25, 0.3) is 0 Å². The van der Waals surface area contributed by atoms with E-state index < -0.39 is 0 Å². The SMILES string of the molecule is CCC(C)C(CN)N(C)CC1CC1. The van der Waals surface area contributed by atoms with Crippen LogP contribution in [0.15, 0.2) is 0 Å². The summed E-state index contributed by atoms with van der Waals surface area (Å²) in [7, 11) is 2.22. The van der Waals surface area contributed by atoms with Gasteiger partial charge in [-0.2, -0.15) is 0 Å². The smallest absolute Gasteiger partial charge is 0.0240 e. The maximum Gasteiger partial charge on any atom is 0.0240 e. The second-order valence-corrected chi connectivity index (χ2v) is 4.57. The molecule has 0 bridgehead atoms. The molecule has 0 aliphatic heterocycles. The molecular weight excluding hydrogens is 160 g/mol. The zero-order valence-electron chi connectivity index (χ0n) is 9.29. The zero-order chi connectivity index (χ0) is 9.84. The Morgan fingerprint density at radius 2 is 2.08 bits per heavy atom. The molecule has 2 nitrogen and oxygen atoms in total. The number of nitrogens with two attached hydrogens (primary N) is 1. The van der Waals surface area contributed by atoms with Crippen molar-refractivity contribution in [3.63, 3.8) is 0 Å². The molecule has 2 unspecified atom stereocenters. The Kier molecular flexibility index (Phi) is 4.20. The van der Waals surface area contributed by atoms with Gasteiger partial charge in [-0.05, 0) is 31.7 Å². The number of rotatable bonds is 6. The molecule has 0 aromatic rings. The van der Waals surface area contributed by atoms with Crippen LogP contribution in [0.2, 0.25) is 0 Å². The lowest BCUT2D eigenvalue weighted by Crippen LogP contribution is -2.43. The van der Waals surface area contributed by atoms with Crippen LogP contribution in [-0.2, 0) is 0 Å². The molecule has 1 saturated carbocycles. The van der Waals surface area contributed by atoms with Crippen molar-refractivity contribution in [2.75, 3.05) is 20.1 Å². The minimum Gasteiger partial charge on any atom is -0.329 e. The molecule has 2 atom stereocenters. The molecule has 1 rings (SSSR count). The standard InChI is InChI=1S/C11H24N2/c1-4-9(2)11(7-12)13(3)8-10-5-6-10/h9-11H,4-8,12H2,1-3H3. The lowest BCUT2D eigenvalue weighted by Gasteiger charge is -2.31. The third-order valence-electron chi connectivity index (χ3n) is 3.35. The maximum absolute atomic E-state index is 5.80. The van der Waals surface area contributed by atoms with Gasteiger partial charge in [-0.15, -0.1) is 0 Å². The molecule has 0 aromatic heterocycles. The highest BCUT2D eigenvalue weighted by Crippen LogP contribution is 2.30. The van der Waals surface area contributed by atoms with Gasteiger partial charge in [0.1, 0.15) is 0 Å². The summed E-state index contributed by atoms with van der Waals surface area (Å²) in [5, 5.41) is 0. The van der Waals surface area contributed by atoms with Gasteiger partial charge in [0.05, 0.1) is 0 Å². The maximum atomic E-state index is 5.80. The lowest BCUT2D eigenvalue weighted by molar-refractivity contribution is 0.179. The third kappa shape index (κ3) is 3.28. The predicted molar refractivity (Wildman–Crippen MR) is 57.7 cm³/mol. The van der Waals surface area contributed by atoms with E-state index >= 15 is 0 Å². The Morgan fingerprint density at radius 1 is 1.46 bits per heavy atom. The fourth-order valence-electron chi connectivity index (χ4n) is 1.96. The Labute approximate surface area is 82.5 Å². The summed E-state index contributed by atoms with van der Waals surface area (Å²) in [6.45, 7) is 6.61. The largest absolute Gasteiger partial charge is 0.329 e. The lowest BCUT2D eigenvalue weighted by atomic mass is 9.98. The van der Waals surface area contributed by atoms with E-state index in [4.69, 9.17) is 5.73 Å². The minimum atomic E-state index is 0.589. The van der Waals surface area contributed by atoms with Gasteiger partial charge in [0, 0.05) is 19.1 Å². The highest BCUT2D eigenvalue weighted by atomic mass is 15.1. The molecule has 0 aromatic carbocycles. The first kappa shape index (κ1) is 11.0. The van der Waals surface area contributed by atoms with E-state index in [2.05, 4.69) is 25.8 Å². The van der Waals surface area contributed by atoms with Crippen LogP contribution < -0.4 is 5.73 Å². The van der Waals surface area contributed by atoms with Crippen molar-refractivity contribution in [3.8, 4) is 0 Å². The molecule has 78 valence electrons. The predicted octanol–water partition coefficient (Wildman–Crippen LogP) is 1.70. The summed E-state index contributed by atoms with van der Waals surface area (Å²) < 4.78 is 0. The van der Waals surface area contributed by atoms with E-state index in [0.717, 1.165) is 18.4 Å². The van der Waals surface area contributed by atoms with Crippen LogP contribution in [0.4, 0.5) is 0 Å². The fraction of sp³-hybridized carbons (Fsp3) is 1.00. The summed E-state index contributed by atoms with van der Waals surface area (Å²) in [6, 6.07) is 0.589. The number of hydrogen-bond acceptors (Lipinski definition) is 2. The van der Waals surface area contributed by atoms with Crippen LogP contribution in [0.1, 0.15) is 33.1 Å². The topological polar surface area (TPSA) is 29.3 Å². The summed E-state index contributed by atoms with van der Waals surface area (Å²) in [4.78, 5) is 2.46. The van der Waals surface area contributed by atoms with E-state index in [-0.39, 0.29) is 0 Å². The van der Waals surface area contributed by atoms with Gasteiger partial charge in [-0.3, -0.25) is 0 Å². The van der Waals surface area contributed by atoms with Crippen LogP contribution >= 0.6 is 0 Å². The second-order valence-electron chi connectivity index (χ2n) is 4.57. The molecule has 1 aliphatic rings. The van der Waals surface area contributed by atoms with Crippen LogP contribution in [-0.4, -0.2) is 31.1 Å². The average molecular weight is 184 g/mol. The van der Waals surface area contributed by atoms with Crippen LogP contribution in [0.25, 0.3) is 0 Å². The molecule has 2 heteroatoms. The first-order chi connectivity index (χ1) is 6.19. The fourth-order valence-corrected chi connectivity index (χ4v) is 1.96. The molecule has 13 heavy (non-hydrogen) atoms. The van der Waals surface area contributed by atoms with Crippen molar-refractivity contribution in [2.24, 2.45) is 17.6 Å². The van der Waals surface area contributed by atoms with E-state index in [9.17, 15) is 0 Å². The number of likely N-dealkylation sites (N-methyl/N-ethyl adjacent to an activating group) is 1. The van der Waals surface area contributed by atoms with Crippen LogP contribution in [0, 0.1) is 11.8 Å². The first-order valence-corrected chi connectivity index (χ1v) is 5.59. The van der Waals surface area contributed by atoms with E-state index in [1.54, 1.807) is 0 Å². The van der Waals surface area contributed by atoms with E-state index in [1.807, 2.05) is 0 Å². The minimum absolute atomic E-state index is 0.589. The van der Waals surface area contributed by atoms with Gasteiger partial charge >= 0.3 is 0 Å². The molecule has 0 heterocycles. The van der Waals surface area contributed by atoms with Crippen molar-refractivity contribution in [1.82, 2.24) is 4.90 Å². The molecule has 0 radical (unpaired) electrons. The normalized spacial score (nSPS) is 21.9. The van der Waals surface area contributed by atoms with Crippen molar-refractivity contribution in [3.05, 3.63) is 0 Å². The summed E-state index contributed by atoms with van der Waals surface area (Å²) in [5.74, 6) is 1.71. The quantitative estimate of drug-likeness (QED) is 0.681. The number of hydrogen-bond donors (Lipinski definition) is 1. The molecule has 1 aliphatic carbocycles. The summed E-state index contributed by atoms with van der Waals surface area (Å²) in [5.41, 5.74) is 5.80. The number of nitrogens with zero attached hydrogens (tertiary/aromatic N) is 1. The molecular formula is C11H24N2. The molecule has 2 N–H and O–H groups in total. The summed E-state index contributed by atoms with van der Waals surface area (Å²) in [6.07, 6.45) is 4.10. The summed E-state index contributed by atoms with van der Waals surface area (Å²) >= 11 is 0. The van der Waals surface area contributed by atoms with Crippen molar-refractivity contribution in [2.45, 2.75) is 39.2 Å². The Morgan fingerprint density at radius 3 is 2.46 bits per heavy atom. The highest BCUT2D eigenvalue weighted by molar-refractivity contribution is 4.81. The third-order valence-corrected chi connectivity index (χ3v) is 3.35. The molecule has 0 spiro atoms. The van der Waals surface area contributed by atoms with Crippen molar-refractivity contribution in [1.29, 1.82) is 0 Å². The van der Waals surface area contributed by atoms with Crippen LogP contribution in [0.5, 0.6) is 0 Å². The molecule has 0 amide bonds. The van der Waals surface area contributed by atoms with Gasteiger partial charge in [0.2, 0.25) is 0 Å². The van der Waals surface area contributed by atoms with Gasteiger partial charge in [-0.1, -0.05) is 20.3 Å². The average Bonchev–Trinajstić information content (AvgIpc) is 2.89. The van der Waals surface area contributed by atoms with Crippen LogP contribution in [0.3, 0.4) is 0 Å². The molecule has 1 fully saturated rings. The first-order valence-electron chi connectivity index (χ1n) is 5.59. The monoisotopic (exact) mass is 184 g/mol. The van der Waals surface area contributed by atoms with Crippen molar-refractivity contribution < 1.29 is 0 Å². The van der Waals surface area contributed by atoms with E-state index in [1.165, 1.54) is 25.8 Å². The van der Waals surface area contributed by atoms with Gasteiger partial charge in [-0.25, -0.2) is 0 Å². The van der Waals surface area contributed by atoms with E-state index in [0.29, 0.717) is 6.04 Å². The van der Waals surface area contributed by atoms with Gasteiger partial charge in [0.15, 0.2) is 0 Å². The molecule has 0 saturated heterocycles. The second kappa shape index (κ2) is 4.97. The highest BCUT2D eigenvalue weighted by Gasteiger charge is 2.27. The van der Waals surface area contributed by atoms with Gasteiger partial charge < -0.3 is 10.6 Å². The van der Waals surface area contributed by atoms with Crippen molar-refractivity contribution >= 4 is 0 Å². The Hall–Kier alpha value is -0.0800.